The predicted molar refractivity (Wildman–Crippen MR) is 127 cm³/mol. The van der Waals surface area contributed by atoms with Crippen LogP contribution < -0.4 is 20.6 Å². The average Bonchev–Trinajstić information content (AvgIpc) is 2.77. The summed E-state index contributed by atoms with van der Waals surface area (Å²) in [5.41, 5.74) is 10.1. The largest absolute Gasteiger partial charge is 0.490 e. The van der Waals surface area contributed by atoms with Gasteiger partial charge in [0.15, 0.2) is 11.5 Å². The molecule has 3 N–H and O–H groups in total. The first kappa shape index (κ1) is 24.3. The molecular formula is C25H35N3O3. The molecule has 0 aromatic heterocycles. The van der Waals surface area contributed by atoms with Crippen LogP contribution in [0, 0.1) is 0 Å². The van der Waals surface area contributed by atoms with Gasteiger partial charge in [0.1, 0.15) is 0 Å². The second-order valence-corrected chi connectivity index (χ2v) is 7.43. The van der Waals surface area contributed by atoms with E-state index in [1.165, 1.54) is 38.5 Å². The maximum absolute atomic E-state index is 12.1. The number of carbonyl (C=O) groups is 1. The average molecular weight is 426 g/mol. The van der Waals surface area contributed by atoms with Gasteiger partial charge in [-0.1, -0.05) is 45.4 Å². The lowest BCUT2D eigenvalue weighted by molar-refractivity contribution is 0.0955. The molecule has 0 spiro atoms. The molecule has 2 rings (SSSR count). The van der Waals surface area contributed by atoms with E-state index in [1.54, 1.807) is 30.5 Å². The quantitative estimate of drug-likeness (QED) is 0.180. The Hall–Kier alpha value is -3.02. The van der Waals surface area contributed by atoms with Gasteiger partial charge in [0.05, 0.1) is 19.4 Å². The fourth-order valence-electron chi connectivity index (χ4n) is 3.10. The highest BCUT2D eigenvalue weighted by Gasteiger charge is 2.07. The molecule has 1 amide bonds. The van der Waals surface area contributed by atoms with E-state index in [9.17, 15) is 4.79 Å². The van der Waals surface area contributed by atoms with Crippen LogP contribution in [0.3, 0.4) is 0 Å². The Morgan fingerprint density at radius 3 is 2.35 bits per heavy atom. The predicted octanol–water partition coefficient (Wildman–Crippen LogP) is 5.56. The first-order valence-electron chi connectivity index (χ1n) is 11.2. The standard InChI is InChI=1S/C25H35N3O3/c1-3-5-6-7-8-9-10-17-31-23-16-11-20(18-24(23)30-4-2)19-27-28-25(29)21-12-14-22(26)15-13-21/h11-16,18-19H,3-10,17,26H2,1-2H3,(H,28,29)/b27-19-. The highest BCUT2D eigenvalue weighted by atomic mass is 16.5. The molecular weight excluding hydrogens is 390 g/mol. The minimum Gasteiger partial charge on any atom is -0.490 e. The van der Waals surface area contributed by atoms with Crippen molar-refractivity contribution in [1.29, 1.82) is 0 Å². The molecule has 0 radical (unpaired) electrons. The molecule has 0 aliphatic rings. The summed E-state index contributed by atoms with van der Waals surface area (Å²) in [6.07, 6.45) is 10.3. The molecule has 0 unspecified atom stereocenters. The zero-order valence-corrected chi connectivity index (χ0v) is 18.7. The van der Waals surface area contributed by atoms with Gasteiger partial charge in [-0.05, 0) is 61.4 Å². The van der Waals surface area contributed by atoms with Crippen molar-refractivity contribution in [1.82, 2.24) is 5.43 Å². The van der Waals surface area contributed by atoms with Gasteiger partial charge in [0.2, 0.25) is 0 Å². The van der Waals surface area contributed by atoms with E-state index >= 15 is 0 Å². The Morgan fingerprint density at radius 1 is 0.935 bits per heavy atom. The van der Waals surface area contributed by atoms with Crippen LogP contribution in [0.1, 0.15) is 74.7 Å². The zero-order valence-electron chi connectivity index (χ0n) is 18.7. The summed E-state index contributed by atoms with van der Waals surface area (Å²) in [7, 11) is 0. The number of hydrogen-bond donors (Lipinski definition) is 2. The summed E-state index contributed by atoms with van der Waals surface area (Å²) < 4.78 is 11.7. The van der Waals surface area contributed by atoms with Crippen molar-refractivity contribution in [3.8, 4) is 11.5 Å². The lowest BCUT2D eigenvalue weighted by Gasteiger charge is -2.12. The number of carbonyl (C=O) groups excluding carboxylic acids is 1. The number of hydrazone groups is 1. The summed E-state index contributed by atoms with van der Waals surface area (Å²) in [4.78, 5) is 12.1. The van der Waals surface area contributed by atoms with Gasteiger partial charge >= 0.3 is 0 Å². The number of nitrogens with one attached hydrogen (secondary N) is 1. The minimum atomic E-state index is -0.295. The van der Waals surface area contributed by atoms with Gasteiger partial charge in [0, 0.05) is 11.3 Å². The number of rotatable bonds is 14. The van der Waals surface area contributed by atoms with Crippen LogP contribution in [0.15, 0.2) is 47.6 Å². The number of amides is 1. The third-order valence-electron chi connectivity index (χ3n) is 4.83. The number of unbranched alkanes of at least 4 members (excludes halogenated alkanes) is 6. The molecule has 0 saturated carbocycles. The Bertz CT molecular complexity index is 819. The summed E-state index contributed by atoms with van der Waals surface area (Å²) in [5.74, 6) is 1.12. The molecule has 0 saturated heterocycles. The van der Waals surface area contributed by atoms with Crippen LogP contribution in [0.2, 0.25) is 0 Å². The summed E-state index contributed by atoms with van der Waals surface area (Å²) in [6, 6.07) is 12.3. The highest BCUT2D eigenvalue weighted by Crippen LogP contribution is 2.28. The van der Waals surface area contributed by atoms with E-state index in [2.05, 4.69) is 17.5 Å². The van der Waals surface area contributed by atoms with Gasteiger partial charge in [-0.2, -0.15) is 5.10 Å². The van der Waals surface area contributed by atoms with Crippen LogP contribution in [-0.4, -0.2) is 25.3 Å². The Morgan fingerprint density at radius 2 is 1.65 bits per heavy atom. The van der Waals surface area contributed by atoms with E-state index in [4.69, 9.17) is 15.2 Å². The number of benzene rings is 2. The van der Waals surface area contributed by atoms with Gasteiger partial charge in [-0.15, -0.1) is 0 Å². The monoisotopic (exact) mass is 425 g/mol. The van der Waals surface area contributed by atoms with E-state index in [-0.39, 0.29) is 5.91 Å². The fraction of sp³-hybridized carbons (Fsp3) is 0.440. The number of nitrogens with zero attached hydrogens (tertiary/aromatic N) is 1. The number of ether oxygens (including phenoxy) is 2. The van der Waals surface area contributed by atoms with Crippen molar-refractivity contribution in [2.45, 2.75) is 58.8 Å². The molecule has 0 heterocycles. The lowest BCUT2D eigenvalue weighted by Crippen LogP contribution is -2.17. The molecule has 0 fully saturated rings. The Balaban J connectivity index is 1.83. The SMILES string of the molecule is CCCCCCCCCOc1ccc(/C=N\NC(=O)c2ccc(N)cc2)cc1OCC. The fourth-order valence-corrected chi connectivity index (χ4v) is 3.10. The van der Waals surface area contributed by atoms with Crippen LogP contribution >= 0.6 is 0 Å². The molecule has 0 aliphatic heterocycles. The van der Waals surface area contributed by atoms with Gasteiger partial charge in [-0.3, -0.25) is 4.79 Å². The second-order valence-electron chi connectivity index (χ2n) is 7.43. The Kier molecular flexibility index (Phi) is 11.0. The Labute approximate surface area is 185 Å². The van der Waals surface area contributed by atoms with E-state index in [0.29, 0.717) is 30.2 Å². The molecule has 6 nitrogen and oxygen atoms in total. The third kappa shape index (κ3) is 9.11. The van der Waals surface area contributed by atoms with Crippen molar-refractivity contribution in [3.63, 3.8) is 0 Å². The number of nitrogen functional groups attached to an aromatic ring is 1. The van der Waals surface area contributed by atoms with Crippen LogP contribution in [0.25, 0.3) is 0 Å². The van der Waals surface area contributed by atoms with Gasteiger partial charge < -0.3 is 15.2 Å². The number of nitrogens with two attached hydrogens (primary N) is 1. The second kappa shape index (κ2) is 14.1. The van der Waals surface area contributed by atoms with Crippen LogP contribution in [0.4, 0.5) is 5.69 Å². The summed E-state index contributed by atoms with van der Waals surface area (Å²) in [5, 5.41) is 4.04. The van der Waals surface area contributed by atoms with Crippen LogP contribution in [0.5, 0.6) is 11.5 Å². The van der Waals surface area contributed by atoms with E-state index in [1.807, 2.05) is 25.1 Å². The van der Waals surface area contributed by atoms with Crippen molar-refractivity contribution in [3.05, 3.63) is 53.6 Å². The normalized spacial score (nSPS) is 10.9. The van der Waals surface area contributed by atoms with Crippen molar-refractivity contribution >= 4 is 17.8 Å². The third-order valence-corrected chi connectivity index (χ3v) is 4.83. The van der Waals surface area contributed by atoms with Crippen molar-refractivity contribution < 1.29 is 14.3 Å². The van der Waals surface area contributed by atoms with Gasteiger partial charge in [-0.25, -0.2) is 5.43 Å². The molecule has 168 valence electrons. The summed E-state index contributed by atoms with van der Waals surface area (Å²) >= 11 is 0. The number of hydrogen-bond acceptors (Lipinski definition) is 5. The molecule has 2 aromatic carbocycles. The van der Waals surface area contributed by atoms with Crippen LogP contribution in [-0.2, 0) is 0 Å². The molecule has 0 atom stereocenters. The lowest BCUT2D eigenvalue weighted by atomic mass is 10.1. The first-order valence-corrected chi connectivity index (χ1v) is 11.2. The van der Waals surface area contributed by atoms with Crippen molar-refractivity contribution in [2.24, 2.45) is 5.10 Å². The number of anilines is 1. The smallest absolute Gasteiger partial charge is 0.271 e. The summed E-state index contributed by atoms with van der Waals surface area (Å²) in [6.45, 7) is 5.40. The van der Waals surface area contributed by atoms with E-state index in [0.717, 1.165) is 17.7 Å². The van der Waals surface area contributed by atoms with Gasteiger partial charge in [0.25, 0.3) is 5.91 Å². The molecule has 0 bridgehead atoms. The molecule has 6 heteroatoms. The molecule has 31 heavy (non-hydrogen) atoms. The van der Waals surface area contributed by atoms with E-state index < -0.39 is 0 Å². The topological polar surface area (TPSA) is 85.9 Å². The molecule has 0 aliphatic carbocycles. The van der Waals surface area contributed by atoms with Crippen molar-refractivity contribution in [2.75, 3.05) is 18.9 Å². The minimum absolute atomic E-state index is 0.295. The maximum atomic E-state index is 12.1. The molecule has 2 aromatic rings. The zero-order chi connectivity index (χ0) is 22.3. The maximum Gasteiger partial charge on any atom is 0.271 e. The highest BCUT2D eigenvalue weighted by molar-refractivity contribution is 5.95. The first-order chi connectivity index (χ1) is 15.1.